The van der Waals surface area contributed by atoms with Gasteiger partial charge in [-0.1, -0.05) is 59.6 Å². The highest BCUT2D eigenvalue weighted by Gasteiger charge is 2.36. The van der Waals surface area contributed by atoms with Crippen molar-refractivity contribution in [3.05, 3.63) is 111 Å². The second-order valence-electron chi connectivity index (χ2n) is 9.07. The zero-order valence-corrected chi connectivity index (χ0v) is 21.7. The first-order valence-electron chi connectivity index (χ1n) is 12.0. The molecule has 0 saturated carbocycles. The van der Waals surface area contributed by atoms with E-state index >= 15 is 0 Å². The van der Waals surface area contributed by atoms with E-state index in [2.05, 4.69) is 10.2 Å². The lowest BCUT2D eigenvalue weighted by Gasteiger charge is -2.18. The van der Waals surface area contributed by atoms with Gasteiger partial charge in [-0.15, -0.1) is 5.10 Å². The van der Waals surface area contributed by atoms with Crippen molar-refractivity contribution < 1.29 is 14.7 Å². The van der Waals surface area contributed by atoms with Gasteiger partial charge >= 0.3 is 5.69 Å². The van der Waals surface area contributed by atoms with E-state index in [4.69, 9.17) is 23.2 Å². The number of nitrogens with zero attached hydrogens (tertiary/aromatic N) is 5. The molecule has 3 aromatic carbocycles. The topological polar surface area (TPSA) is 110 Å². The van der Waals surface area contributed by atoms with Gasteiger partial charge in [0.2, 0.25) is 0 Å². The minimum Gasteiger partial charge on any atom is -0.389 e. The minimum atomic E-state index is -1.25. The molecule has 0 fully saturated rings. The number of aromatic nitrogens is 4. The summed E-state index contributed by atoms with van der Waals surface area (Å²) >= 11 is 12.2. The standard InChI is InChI=1S/C28H19Cl2N5O4/c29-18-9-5-16(6-10-18)23-13-31-35-25(24(23)17-7-11-19(30)12-8-17)32-34(28(35)39)15-20(36)14-33-26(37)21-3-1-2-4-22(21)27(33)38/h1-13,20,36H,14-15H2. The van der Waals surface area contributed by atoms with E-state index in [0.717, 1.165) is 25.2 Å². The molecule has 0 bridgehead atoms. The Morgan fingerprint density at radius 2 is 1.31 bits per heavy atom. The van der Waals surface area contributed by atoms with E-state index in [1.165, 1.54) is 0 Å². The molecule has 0 aliphatic carbocycles. The summed E-state index contributed by atoms with van der Waals surface area (Å²) in [7, 11) is 0. The van der Waals surface area contributed by atoms with Crippen molar-refractivity contribution in [2.45, 2.75) is 12.6 Å². The highest BCUT2D eigenvalue weighted by molar-refractivity contribution is 6.31. The molecule has 1 aliphatic rings. The highest BCUT2D eigenvalue weighted by atomic mass is 35.5. The third-order valence-corrected chi connectivity index (χ3v) is 7.06. The minimum absolute atomic E-state index is 0.258. The van der Waals surface area contributed by atoms with Gasteiger partial charge in [0.05, 0.1) is 36.5 Å². The van der Waals surface area contributed by atoms with Gasteiger partial charge in [-0.25, -0.2) is 9.48 Å². The summed E-state index contributed by atoms with van der Waals surface area (Å²) < 4.78 is 2.23. The molecule has 2 amide bonds. The number of amides is 2. The van der Waals surface area contributed by atoms with Crippen LogP contribution in [0.1, 0.15) is 20.7 Å². The van der Waals surface area contributed by atoms with Gasteiger partial charge in [0.25, 0.3) is 11.8 Å². The number of benzene rings is 3. The molecule has 1 atom stereocenters. The van der Waals surface area contributed by atoms with Crippen LogP contribution >= 0.6 is 23.2 Å². The molecule has 39 heavy (non-hydrogen) atoms. The van der Waals surface area contributed by atoms with Crippen LogP contribution in [0.2, 0.25) is 10.0 Å². The monoisotopic (exact) mass is 559 g/mol. The number of hydrogen-bond acceptors (Lipinski definition) is 6. The lowest BCUT2D eigenvalue weighted by molar-refractivity contribution is 0.0514. The van der Waals surface area contributed by atoms with Crippen LogP contribution in [0.5, 0.6) is 0 Å². The van der Waals surface area contributed by atoms with Gasteiger partial charge in [-0.2, -0.15) is 9.61 Å². The van der Waals surface area contributed by atoms with Crippen LogP contribution in [0.15, 0.2) is 83.8 Å². The Kier molecular flexibility index (Phi) is 6.26. The molecule has 0 radical (unpaired) electrons. The van der Waals surface area contributed by atoms with Gasteiger partial charge < -0.3 is 5.11 Å². The molecule has 3 heterocycles. The summed E-state index contributed by atoms with van der Waals surface area (Å²) in [6.07, 6.45) is 0.326. The summed E-state index contributed by atoms with van der Waals surface area (Å²) in [6, 6.07) is 20.8. The van der Waals surface area contributed by atoms with Gasteiger partial charge in [0, 0.05) is 21.2 Å². The number of carbonyl (C=O) groups excluding carboxylic acids is 2. The normalized spacial score (nSPS) is 13.8. The Morgan fingerprint density at radius 3 is 1.90 bits per heavy atom. The summed E-state index contributed by atoms with van der Waals surface area (Å²) in [4.78, 5) is 39.6. The Balaban J connectivity index is 1.38. The summed E-state index contributed by atoms with van der Waals surface area (Å²) in [5.41, 5.74) is 3.16. The Hall–Kier alpha value is -4.31. The maximum absolute atomic E-state index is 13.2. The fourth-order valence-corrected chi connectivity index (χ4v) is 4.95. The number of aliphatic hydroxyl groups is 1. The number of hydrogen-bond donors (Lipinski definition) is 1. The third-order valence-electron chi connectivity index (χ3n) is 6.56. The molecule has 1 unspecified atom stereocenters. The number of imide groups is 1. The van der Waals surface area contributed by atoms with Crippen LogP contribution in [-0.4, -0.2) is 53.9 Å². The molecule has 5 aromatic rings. The van der Waals surface area contributed by atoms with Gasteiger partial charge in [0.15, 0.2) is 5.65 Å². The predicted octanol–water partition coefficient (Wildman–Crippen LogP) is 4.19. The second-order valence-corrected chi connectivity index (χ2v) is 9.94. The fraction of sp³-hybridized carbons (Fsp3) is 0.107. The maximum atomic E-state index is 13.2. The number of rotatable bonds is 6. The van der Waals surface area contributed by atoms with E-state index < -0.39 is 23.6 Å². The average molecular weight is 560 g/mol. The molecule has 1 aliphatic heterocycles. The lowest BCUT2D eigenvalue weighted by Crippen LogP contribution is -2.40. The van der Waals surface area contributed by atoms with Crippen LogP contribution in [0.4, 0.5) is 0 Å². The number of carbonyl (C=O) groups is 2. The second kappa shape index (κ2) is 9.77. The summed E-state index contributed by atoms with van der Waals surface area (Å²) in [6.45, 7) is -0.550. The summed E-state index contributed by atoms with van der Waals surface area (Å²) in [5, 5.41) is 20.8. The van der Waals surface area contributed by atoms with E-state index in [1.54, 1.807) is 54.7 Å². The van der Waals surface area contributed by atoms with Crippen LogP contribution in [0, 0.1) is 0 Å². The quantitative estimate of drug-likeness (QED) is 0.312. The lowest BCUT2D eigenvalue weighted by atomic mass is 9.97. The molecule has 0 spiro atoms. The molecule has 194 valence electrons. The Morgan fingerprint density at radius 1 is 0.744 bits per heavy atom. The van der Waals surface area contributed by atoms with Crippen molar-refractivity contribution in [3.63, 3.8) is 0 Å². The number of fused-ring (bicyclic) bond motifs is 2. The van der Waals surface area contributed by atoms with Gasteiger partial charge in [-0.05, 0) is 47.5 Å². The molecular formula is C28H19Cl2N5O4. The van der Waals surface area contributed by atoms with Crippen molar-refractivity contribution in [2.24, 2.45) is 0 Å². The first kappa shape index (κ1) is 25.0. The SMILES string of the molecule is O=C1c2ccccc2C(=O)N1CC(O)Cn1nc2c(-c3ccc(Cl)cc3)c(-c3ccc(Cl)cc3)cnn2c1=O. The van der Waals surface area contributed by atoms with Gasteiger partial charge in [0.1, 0.15) is 0 Å². The predicted molar refractivity (Wildman–Crippen MR) is 146 cm³/mol. The van der Waals surface area contributed by atoms with Crippen LogP contribution in [0.25, 0.3) is 27.9 Å². The van der Waals surface area contributed by atoms with E-state index in [-0.39, 0.29) is 29.9 Å². The summed E-state index contributed by atoms with van der Waals surface area (Å²) in [5.74, 6) is -0.979. The largest absolute Gasteiger partial charge is 0.389 e. The van der Waals surface area contributed by atoms with Crippen molar-refractivity contribution in [3.8, 4) is 22.3 Å². The molecule has 6 rings (SSSR count). The molecule has 1 N–H and O–H groups in total. The number of β-amino-alcohol motifs (C(OH)–C–C–N with tert-alkyl or cyclic N) is 1. The van der Waals surface area contributed by atoms with Crippen LogP contribution < -0.4 is 5.69 Å². The van der Waals surface area contributed by atoms with E-state index in [9.17, 15) is 19.5 Å². The zero-order chi connectivity index (χ0) is 27.3. The smallest absolute Gasteiger partial charge is 0.367 e. The highest BCUT2D eigenvalue weighted by Crippen LogP contribution is 2.35. The first-order valence-corrected chi connectivity index (χ1v) is 12.7. The average Bonchev–Trinajstić information content (AvgIpc) is 3.38. The maximum Gasteiger partial charge on any atom is 0.367 e. The van der Waals surface area contributed by atoms with Gasteiger partial charge in [-0.3, -0.25) is 14.5 Å². The first-order chi connectivity index (χ1) is 18.8. The van der Waals surface area contributed by atoms with Crippen LogP contribution in [-0.2, 0) is 6.54 Å². The number of aliphatic hydroxyl groups excluding tert-OH is 1. The van der Waals surface area contributed by atoms with Crippen LogP contribution in [0.3, 0.4) is 0 Å². The molecule has 11 heteroatoms. The molecule has 2 aromatic heterocycles. The Bertz CT molecular complexity index is 1780. The van der Waals surface area contributed by atoms with Crippen molar-refractivity contribution in [1.29, 1.82) is 0 Å². The molecule has 9 nitrogen and oxygen atoms in total. The fourth-order valence-electron chi connectivity index (χ4n) is 4.70. The van der Waals surface area contributed by atoms with Crippen molar-refractivity contribution in [2.75, 3.05) is 6.54 Å². The Labute approximate surface area is 231 Å². The van der Waals surface area contributed by atoms with Crippen molar-refractivity contribution >= 4 is 40.7 Å². The third kappa shape index (κ3) is 4.40. The molecular weight excluding hydrogens is 541 g/mol. The van der Waals surface area contributed by atoms with E-state index in [1.807, 2.05) is 24.3 Å². The zero-order valence-electron chi connectivity index (χ0n) is 20.2. The van der Waals surface area contributed by atoms with Crippen molar-refractivity contribution in [1.82, 2.24) is 24.3 Å². The number of halogens is 2. The van der Waals surface area contributed by atoms with E-state index in [0.29, 0.717) is 21.2 Å². The molecule has 0 saturated heterocycles.